The van der Waals surface area contributed by atoms with E-state index in [1.807, 2.05) is 0 Å². The van der Waals surface area contributed by atoms with Gasteiger partial charge in [-0.1, -0.05) is 366 Å². The molecule has 0 aromatic rings. The zero-order valence-corrected chi connectivity index (χ0v) is 53.9. The van der Waals surface area contributed by atoms with E-state index in [9.17, 15) is 19.8 Å². The molecule has 0 saturated heterocycles. The maximum atomic E-state index is 12.5. The predicted molar refractivity (Wildman–Crippen MR) is 347 cm³/mol. The zero-order chi connectivity index (χ0) is 57.1. The van der Waals surface area contributed by atoms with Crippen molar-refractivity contribution in [2.45, 2.75) is 431 Å². The van der Waals surface area contributed by atoms with Gasteiger partial charge in [-0.3, -0.25) is 9.59 Å². The molecule has 0 fully saturated rings. The summed E-state index contributed by atoms with van der Waals surface area (Å²) in [5.74, 6) is -0.00882. The molecule has 0 aliphatic rings. The van der Waals surface area contributed by atoms with Gasteiger partial charge in [0.25, 0.3) is 0 Å². The lowest BCUT2D eigenvalue weighted by Gasteiger charge is -2.22. The number of hydrogen-bond acceptors (Lipinski definition) is 5. The quantitative estimate of drug-likeness (QED) is 0.0320. The van der Waals surface area contributed by atoms with Crippen LogP contribution in [0.3, 0.4) is 0 Å². The third kappa shape index (κ3) is 65.6. The highest BCUT2D eigenvalue weighted by Gasteiger charge is 2.20. The van der Waals surface area contributed by atoms with Crippen LogP contribution in [0.2, 0.25) is 0 Å². The number of unbranched alkanes of at least 4 members (excludes halogenated alkanes) is 56. The topological polar surface area (TPSA) is 95.9 Å². The molecule has 0 rings (SSSR count). The van der Waals surface area contributed by atoms with Gasteiger partial charge in [-0.15, -0.1) is 0 Å². The number of carbonyl (C=O) groups excluding carboxylic acids is 2. The van der Waals surface area contributed by atoms with E-state index in [0.29, 0.717) is 25.9 Å². The Bertz CT molecular complexity index is 1190. The summed E-state index contributed by atoms with van der Waals surface area (Å²) in [4.78, 5) is 24.6. The van der Waals surface area contributed by atoms with Crippen molar-refractivity contribution in [3.63, 3.8) is 0 Å². The first-order chi connectivity index (χ1) is 39.0. The maximum Gasteiger partial charge on any atom is 0.305 e. The van der Waals surface area contributed by atoms with Gasteiger partial charge in [0.2, 0.25) is 5.91 Å². The molecule has 0 aromatic heterocycles. The molecule has 0 radical (unpaired) electrons. The molecule has 1 amide bonds. The van der Waals surface area contributed by atoms with Crippen LogP contribution in [0.5, 0.6) is 0 Å². The third-order valence-corrected chi connectivity index (χ3v) is 17.3. The van der Waals surface area contributed by atoms with E-state index in [1.165, 1.54) is 347 Å². The number of rotatable bonds is 69. The summed E-state index contributed by atoms with van der Waals surface area (Å²) in [7, 11) is 0. The van der Waals surface area contributed by atoms with Gasteiger partial charge in [0, 0.05) is 12.8 Å². The number of nitrogens with one attached hydrogen (secondary N) is 1. The molecule has 0 aromatic carbocycles. The van der Waals surface area contributed by atoms with E-state index in [4.69, 9.17) is 4.74 Å². The van der Waals surface area contributed by atoms with Crippen molar-refractivity contribution in [3.8, 4) is 0 Å². The summed E-state index contributed by atoms with van der Waals surface area (Å²) in [5.41, 5.74) is 0. The largest absolute Gasteiger partial charge is 0.466 e. The van der Waals surface area contributed by atoms with Crippen molar-refractivity contribution in [1.29, 1.82) is 0 Å². The summed E-state index contributed by atoms with van der Waals surface area (Å²) >= 11 is 0. The lowest BCUT2D eigenvalue weighted by Crippen LogP contribution is -2.45. The average Bonchev–Trinajstić information content (AvgIpc) is 3.45. The van der Waals surface area contributed by atoms with Crippen LogP contribution in [0.15, 0.2) is 12.2 Å². The Kier molecular flexibility index (Phi) is 67.9. The van der Waals surface area contributed by atoms with Gasteiger partial charge < -0.3 is 20.3 Å². The molecular formula is C73H143NO5. The molecule has 2 unspecified atom stereocenters. The standard InChI is InChI=1S/C73H143NO5/c1-3-5-7-9-11-13-15-17-19-20-31-35-39-43-47-51-55-59-63-67-73(78)79-68-64-60-56-52-48-44-40-36-33-30-28-26-24-22-21-23-25-27-29-32-34-38-42-46-50-54-58-62-66-72(77)74-70(69-75)71(76)65-61-57-53-49-45-41-37-18-16-14-12-10-8-6-4-2/h17,19,70-71,75-76H,3-16,18,20-69H2,1-2H3,(H,74,77)/b19-17-. The van der Waals surface area contributed by atoms with E-state index in [1.54, 1.807) is 0 Å². The van der Waals surface area contributed by atoms with Gasteiger partial charge in [-0.05, 0) is 51.4 Å². The van der Waals surface area contributed by atoms with Gasteiger partial charge in [0.05, 0.1) is 25.4 Å². The summed E-state index contributed by atoms with van der Waals surface area (Å²) in [5, 5.41) is 23.3. The fourth-order valence-corrected chi connectivity index (χ4v) is 11.8. The van der Waals surface area contributed by atoms with Crippen LogP contribution >= 0.6 is 0 Å². The SMILES string of the molecule is CCCCCCCC/C=C\CCCCCCCCCCCC(=O)OCCCCCCCCCCCCCCCCCCCCCCCCCCCCCCC(=O)NC(CO)C(O)CCCCCCCCCCCCCCCCC. The van der Waals surface area contributed by atoms with E-state index in [-0.39, 0.29) is 18.5 Å². The highest BCUT2D eigenvalue weighted by molar-refractivity contribution is 5.76. The maximum absolute atomic E-state index is 12.5. The second-order valence-electron chi connectivity index (χ2n) is 25.3. The van der Waals surface area contributed by atoms with E-state index < -0.39 is 12.1 Å². The fourth-order valence-electron chi connectivity index (χ4n) is 11.8. The Balaban J connectivity index is 3.32. The molecule has 3 N–H and O–H groups in total. The second kappa shape index (κ2) is 69.1. The number of aliphatic hydroxyl groups excluding tert-OH is 2. The Morgan fingerprint density at radius 3 is 0.899 bits per heavy atom. The van der Waals surface area contributed by atoms with Crippen molar-refractivity contribution in [2.75, 3.05) is 13.2 Å². The highest BCUT2D eigenvalue weighted by Crippen LogP contribution is 2.19. The highest BCUT2D eigenvalue weighted by atomic mass is 16.5. The van der Waals surface area contributed by atoms with E-state index >= 15 is 0 Å². The minimum Gasteiger partial charge on any atom is -0.466 e. The fraction of sp³-hybridized carbons (Fsp3) is 0.945. The van der Waals surface area contributed by atoms with Gasteiger partial charge in [-0.25, -0.2) is 0 Å². The number of esters is 1. The Morgan fingerprint density at radius 2 is 0.595 bits per heavy atom. The number of ether oxygens (including phenoxy) is 1. The van der Waals surface area contributed by atoms with Crippen molar-refractivity contribution in [1.82, 2.24) is 5.32 Å². The van der Waals surface area contributed by atoms with Crippen molar-refractivity contribution >= 4 is 11.9 Å². The third-order valence-electron chi connectivity index (χ3n) is 17.3. The number of hydrogen-bond donors (Lipinski definition) is 3. The van der Waals surface area contributed by atoms with Crippen LogP contribution in [0.1, 0.15) is 418 Å². The zero-order valence-electron chi connectivity index (χ0n) is 53.9. The van der Waals surface area contributed by atoms with Crippen LogP contribution in [-0.2, 0) is 14.3 Å². The minimum atomic E-state index is -0.661. The van der Waals surface area contributed by atoms with Crippen LogP contribution < -0.4 is 5.32 Å². The Morgan fingerprint density at radius 1 is 0.342 bits per heavy atom. The summed E-state index contributed by atoms with van der Waals surface area (Å²) < 4.78 is 5.51. The molecule has 0 spiro atoms. The molecule has 0 aliphatic carbocycles. The molecule has 79 heavy (non-hydrogen) atoms. The van der Waals surface area contributed by atoms with Gasteiger partial charge in [0.1, 0.15) is 0 Å². The monoisotopic (exact) mass is 1110 g/mol. The molecule has 0 aliphatic heterocycles. The Hall–Kier alpha value is -1.40. The average molecular weight is 1110 g/mol. The lowest BCUT2D eigenvalue weighted by atomic mass is 10.0. The Labute approximate surface area is 495 Å². The first kappa shape index (κ1) is 77.6. The summed E-state index contributed by atoms with van der Waals surface area (Å²) in [6.45, 7) is 4.99. The molecule has 470 valence electrons. The van der Waals surface area contributed by atoms with E-state index in [2.05, 4.69) is 31.3 Å². The van der Waals surface area contributed by atoms with Crippen LogP contribution in [0.4, 0.5) is 0 Å². The van der Waals surface area contributed by atoms with Gasteiger partial charge >= 0.3 is 5.97 Å². The summed E-state index contributed by atoms with van der Waals surface area (Å²) in [6, 6.07) is -0.538. The predicted octanol–water partition coefficient (Wildman–Crippen LogP) is 23.5. The van der Waals surface area contributed by atoms with Crippen LogP contribution in [-0.4, -0.2) is 47.4 Å². The number of aliphatic hydroxyl groups is 2. The van der Waals surface area contributed by atoms with Crippen molar-refractivity contribution in [3.05, 3.63) is 12.2 Å². The van der Waals surface area contributed by atoms with Crippen molar-refractivity contribution in [2.24, 2.45) is 0 Å². The first-order valence-electron chi connectivity index (χ1n) is 36.4. The van der Waals surface area contributed by atoms with Crippen LogP contribution in [0, 0.1) is 0 Å². The minimum absolute atomic E-state index is 0.0195. The van der Waals surface area contributed by atoms with E-state index in [0.717, 1.165) is 38.5 Å². The molecular weight excluding hydrogens is 971 g/mol. The molecule has 2 atom stereocenters. The summed E-state index contributed by atoms with van der Waals surface area (Å²) in [6.07, 6.45) is 85.6. The molecule has 6 heteroatoms. The lowest BCUT2D eigenvalue weighted by molar-refractivity contribution is -0.143. The number of amides is 1. The molecule has 0 bridgehead atoms. The first-order valence-corrected chi connectivity index (χ1v) is 36.4. The molecule has 0 heterocycles. The molecule has 6 nitrogen and oxygen atoms in total. The van der Waals surface area contributed by atoms with Crippen LogP contribution in [0.25, 0.3) is 0 Å². The van der Waals surface area contributed by atoms with Gasteiger partial charge in [0.15, 0.2) is 0 Å². The number of carbonyl (C=O) groups is 2. The second-order valence-corrected chi connectivity index (χ2v) is 25.3. The normalized spacial score (nSPS) is 12.5. The van der Waals surface area contributed by atoms with Gasteiger partial charge in [-0.2, -0.15) is 0 Å². The van der Waals surface area contributed by atoms with Crippen molar-refractivity contribution < 1.29 is 24.5 Å². The number of allylic oxidation sites excluding steroid dienone is 2. The molecule has 0 saturated carbocycles. The smallest absolute Gasteiger partial charge is 0.305 e.